The molecule has 0 bridgehead atoms. The largest absolute Gasteiger partial charge is 0.497 e. The van der Waals surface area contributed by atoms with Crippen molar-refractivity contribution in [3.8, 4) is 5.75 Å². The zero-order chi connectivity index (χ0) is 14.8. The minimum Gasteiger partial charge on any atom is -0.497 e. The fourth-order valence-corrected chi connectivity index (χ4v) is 2.35. The van der Waals surface area contributed by atoms with E-state index in [1.54, 1.807) is 7.11 Å². The quantitative estimate of drug-likeness (QED) is 0.838. The highest BCUT2D eigenvalue weighted by Crippen LogP contribution is 2.32. The number of ether oxygens (including phenoxy) is 1. The maximum absolute atomic E-state index is 12.2. The van der Waals surface area contributed by atoms with Gasteiger partial charge in [-0.2, -0.15) is 9.36 Å². The fourth-order valence-electron chi connectivity index (χ4n) is 2.35. The van der Waals surface area contributed by atoms with E-state index in [0.29, 0.717) is 13.1 Å². The van der Waals surface area contributed by atoms with E-state index >= 15 is 0 Å². The predicted molar refractivity (Wildman–Crippen MR) is 77.3 cm³/mol. The molecule has 7 nitrogen and oxygen atoms in total. The Morgan fingerprint density at radius 1 is 1.33 bits per heavy atom. The van der Waals surface area contributed by atoms with Crippen LogP contribution in [0.2, 0.25) is 0 Å². The molecule has 3 rings (SSSR count). The summed E-state index contributed by atoms with van der Waals surface area (Å²) in [6, 6.07) is 7.95. The van der Waals surface area contributed by atoms with Crippen molar-refractivity contribution in [2.45, 2.75) is 31.3 Å². The van der Waals surface area contributed by atoms with E-state index < -0.39 is 0 Å². The molecule has 1 heterocycles. The molecule has 112 valence electrons. The molecule has 2 N–H and O–H groups in total. The molecular formula is C14H19N5O2. The lowest BCUT2D eigenvalue weighted by Gasteiger charge is -2.14. The van der Waals surface area contributed by atoms with Crippen LogP contribution in [-0.4, -0.2) is 33.4 Å². The average molecular weight is 289 g/mol. The Morgan fingerprint density at radius 3 is 2.62 bits per heavy atom. The van der Waals surface area contributed by atoms with Crippen molar-refractivity contribution in [3.05, 3.63) is 40.3 Å². The van der Waals surface area contributed by atoms with E-state index in [2.05, 4.69) is 10.4 Å². The molecule has 1 aromatic carbocycles. The minimum absolute atomic E-state index is 0.0259. The zero-order valence-corrected chi connectivity index (χ0v) is 12.0. The van der Waals surface area contributed by atoms with E-state index in [1.807, 2.05) is 24.3 Å². The van der Waals surface area contributed by atoms with E-state index in [-0.39, 0.29) is 17.6 Å². The van der Waals surface area contributed by atoms with Gasteiger partial charge >= 0.3 is 5.69 Å². The molecule has 0 spiro atoms. The SMILES string of the molecule is COc1ccc(C(CN)Cn2nnn(C3CC3)c2=O)cc1. The van der Waals surface area contributed by atoms with Crippen LogP contribution in [0.25, 0.3) is 0 Å². The first kappa shape index (κ1) is 13.8. The van der Waals surface area contributed by atoms with Crippen molar-refractivity contribution >= 4 is 0 Å². The number of methoxy groups -OCH3 is 1. The van der Waals surface area contributed by atoms with E-state index in [4.69, 9.17) is 10.5 Å². The summed E-state index contributed by atoms with van der Waals surface area (Å²) in [5.74, 6) is 0.823. The van der Waals surface area contributed by atoms with Crippen molar-refractivity contribution in [1.29, 1.82) is 0 Å². The summed E-state index contributed by atoms with van der Waals surface area (Å²) in [6.45, 7) is 0.878. The number of nitrogens with zero attached hydrogens (tertiary/aromatic N) is 4. The second-order valence-electron chi connectivity index (χ2n) is 5.33. The van der Waals surface area contributed by atoms with Crippen LogP contribution < -0.4 is 16.2 Å². The van der Waals surface area contributed by atoms with Crippen LogP contribution in [-0.2, 0) is 6.54 Å². The molecule has 0 saturated heterocycles. The summed E-state index contributed by atoms with van der Waals surface area (Å²) in [4.78, 5) is 12.2. The van der Waals surface area contributed by atoms with Gasteiger partial charge in [0.25, 0.3) is 0 Å². The van der Waals surface area contributed by atoms with Crippen molar-refractivity contribution in [3.63, 3.8) is 0 Å². The van der Waals surface area contributed by atoms with Gasteiger partial charge < -0.3 is 10.5 Å². The highest BCUT2D eigenvalue weighted by Gasteiger charge is 2.28. The molecule has 0 radical (unpaired) electrons. The predicted octanol–water partition coefficient (Wildman–Crippen LogP) is 0.526. The summed E-state index contributed by atoms with van der Waals surface area (Å²) >= 11 is 0. The van der Waals surface area contributed by atoms with Crippen LogP contribution in [0.1, 0.15) is 30.4 Å². The molecule has 1 aliphatic rings. The van der Waals surface area contributed by atoms with Gasteiger partial charge in [-0.3, -0.25) is 0 Å². The Morgan fingerprint density at radius 2 is 2.05 bits per heavy atom. The maximum Gasteiger partial charge on any atom is 0.363 e. The average Bonchev–Trinajstić information content (AvgIpc) is 3.30. The Bertz CT molecular complexity index is 657. The molecule has 21 heavy (non-hydrogen) atoms. The van der Waals surface area contributed by atoms with Crippen molar-refractivity contribution in [2.75, 3.05) is 13.7 Å². The monoisotopic (exact) mass is 289 g/mol. The third kappa shape index (κ3) is 2.82. The molecule has 0 amide bonds. The summed E-state index contributed by atoms with van der Waals surface area (Å²) in [5.41, 5.74) is 6.76. The number of nitrogens with two attached hydrogens (primary N) is 1. The van der Waals surface area contributed by atoms with Crippen LogP contribution in [0.15, 0.2) is 29.1 Å². The highest BCUT2D eigenvalue weighted by atomic mass is 16.5. The first-order valence-corrected chi connectivity index (χ1v) is 7.09. The summed E-state index contributed by atoms with van der Waals surface area (Å²) in [5, 5.41) is 7.90. The molecule has 1 aromatic heterocycles. The Balaban J connectivity index is 1.78. The molecule has 2 aromatic rings. The van der Waals surface area contributed by atoms with E-state index in [9.17, 15) is 4.79 Å². The zero-order valence-electron chi connectivity index (χ0n) is 12.0. The van der Waals surface area contributed by atoms with Crippen LogP contribution in [0, 0.1) is 0 Å². The molecule has 7 heteroatoms. The first-order valence-electron chi connectivity index (χ1n) is 7.09. The van der Waals surface area contributed by atoms with Crippen molar-refractivity contribution in [1.82, 2.24) is 19.8 Å². The summed E-state index contributed by atoms with van der Waals surface area (Å²) < 4.78 is 8.02. The van der Waals surface area contributed by atoms with Crippen LogP contribution >= 0.6 is 0 Å². The molecule has 1 atom stereocenters. The third-order valence-corrected chi connectivity index (χ3v) is 3.82. The van der Waals surface area contributed by atoms with Gasteiger partial charge in [0.05, 0.1) is 19.7 Å². The third-order valence-electron chi connectivity index (χ3n) is 3.82. The van der Waals surface area contributed by atoms with Gasteiger partial charge in [-0.1, -0.05) is 12.1 Å². The Hall–Kier alpha value is -2.15. The van der Waals surface area contributed by atoms with Gasteiger partial charge in [-0.25, -0.2) is 4.79 Å². The van der Waals surface area contributed by atoms with Crippen molar-refractivity contribution < 1.29 is 4.74 Å². The second kappa shape index (κ2) is 5.69. The summed E-state index contributed by atoms with van der Waals surface area (Å²) in [6.07, 6.45) is 2.02. The Kier molecular flexibility index (Phi) is 3.74. The van der Waals surface area contributed by atoms with Gasteiger partial charge in [0, 0.05) is 12.5 Å². The van der Waals surface area contributed by atoms with E-state index in [0.717, 1.165) is 24.2 Å². The molecule has 1 fully saturated rings. The smallest absolute Gasteiger partial charge is 0.363 e. The van der Waals surface area contributed by atoms with E-state index in [1.165, 1.54) is 9.36 Å². The second-order valence-corrected chi connectivity index (χ2v) is 5.33. The number of benzene rings is 1. The van der Waals surface area contributed by atoms with Gasteiger partial charge in [-0.05, 0) is 41.0 Å². The van der Waals surface area contributed by atoms with Crippen LogP contribution in [0.5, 0.6) is 5.75 Å². The number of tetrazole rings is 1. The number of hydrogen-bond donors (Lipinski definition) is 1. The number of hydrogen-bond acceptors (Lipinski definition) is 5. The number of rotatable bonds is 6. The van der Waals surface area contributed by atoms with Crippen LogP contribution in [0.3, 0.4) is 0 Å². The summed E-state index contributed by atoms with van der Waals surface area (Å²) in [7, 11) is 1.63. The molecule has 1 aliphatic carbocycles. The first-order chi connectivity index (χ1) is 10.2. The van der Waals surface area contributed by atoms with Crippen LogP contribution in [0.4, 0.5) is 0 Å². The van der Waals surface area contributed by atoms with Gasteiger partial charge in [-0.15, -0.1) is 0 Å². The lowest BCUT2D eigenvalue weighted by atomic mass is 9.99. The van der Waals surface area contributed by atoms with Gasteiger partial charge in [0.15, 0.2) is 0 Å². The van der Waals surface area contributed by atoms with Gasteiger partial charge in [0.1, 0.15) is 5.75 Å². The Labute approximate surface area is 122 Å². The standard InChI is InChI=1S/C14H19N5O2/c1-21-13-6-2-10(3-7-13)11(8-15)9-18-14(20)19(17-16-18)12-4-5-12/h2-3,6-7,11-12H,4-5,8-9,15H2,1H3. The maximum atomic E-state index is 12.2. The fraction of sp³-hybridized carbons (Fsp3) is 0.500. The lowest BCUT2D eigenvalue weighted by molar-refractivity contribution is 0.414. The number of aromatic nitrogens is 4. The molecule has 1 unspecified atom stereocenters. The normalized spacial score (nSPS) is 15.9. The molecule has 0 aliphatic heterocycles. The molecular weight excluding hydrogens is 270 g/mol. The van der Waals surface area contributed by atoms with Gasteiger partial charge in [0.2, 0.25) is 0 Å². The highest BCUT2D eigenvalue weighted by molar-refractivity contribution is 5.29. The lowest BCUT2D eigenvalue weighted by Crippen LogP contribution is -2.29. The molecule has 1 saturated carbocycles. The topological polar surface area (TPSA) is 88.0 Å². The minimum atomic E-state index is -0.149. The van der Waals surface area contributed by atoms with Crippen molar-refractivity contribution in [2.24, 2.45) is 5.73 Å².